The van der Waals surface area contributed by atoms with Gasteiger partial charge in [-0.05, 0) is 111 Å². The number of aromatic nitrogens is 2. The van der Waals surface area contributed by atoms with Crippen LogP contribution in [0.3, 0.4) is 0 Å². The molecule has 0 saturated heterocycles. The Bertz CT molecular complexity index is 2890. The van der Waals surface area contributed by atoms with E-state index >= 15 is 0 Å². The molecule has 6 N–H and O–H groups in total. The first kappa shape index (κ1) is 55.0. The van der Waals surface area contributed by atoms with E-state index < -0.39 is 74.8 Å². The minimum Gasteiger partial charge on any atom is -0.444 e. The number of nitrogens with one attached hydrogen (secondary N) is 3. The molecule has 5 amide bonds. The second-order valence-corrected chi connectivity index (χ2v) is 23.3. The molecule has 73 heavy (non-hydrogen) atoms. The molecule has 0 aliphatic carbocycles. The van der Waals surface area contributed by atoms with Gasteiger partial charge in [-0.3, -0.25) is 19.7 Å². The Kier molecular flexibility index (Phi) is 17.7. The summed E-state index contributed by atoms with van der Waals surface area (Å²) in [5.41, 5.74) is 6.51. The number of hydrogen-bond donors (Lipinski definition) is 5. The summed E-state index contributed by atoms with van der Waals surface area (Å²) in [4.78, 5) is 93.5. The number of primary amides is 1. The number of nitrogens with zero attached hydrogens (tertiary/aromatic N) is 3. The lowest BCUT2D eigenvalue weighted by Gasteiger charge is -2.25. The van der Waals surface area contributed by atoms with Crippen LogP contribution < -0.4 is 37.1 Å². The van der Waals surface area contributed by atoms with E-state index in [1.165, 1.54) is 34.2 Å². The van der Waals surface area contributed by atoms with Gasteiger partial charge < -0.3 is 40.2 Å². The summed E-state index contributed by atoms with van der Waals surface area (Å²) in [7, 11) is -1.99. The number of carbonyl (C=O) groups excluding carboxylic acids is 6. The molecule has 383 valence electrons. The number of aliphatic hydroxyl groups is 1. The SMILES string of the molecule is CC(C)(C)OC(=O)Nc1ccc(-c2nc(C(=O)ON(C(=O)OC(C)(C)C)c3ccc(-c4nc(C(=O)N[C@@H](CO[Si](c5ccccc5)c5ccc(C(C)(C)C)cc5)C(=O)N[C@@H](CO)C(N)=O)cs4)cc3)cs2)cc1. The number of hydrogen-bond acceptors (Lipinski definition) is 15. The molecule has 0 saturated carbocycles. The molecule has 6 aromatic rings. The van der Waals surface area contributed by atoms with E-state index in [1.807, 2.05) is 54.6 Å². The Morgan fingerprint density at radius 3 is 1.78 bits per heavy atom. The van der Waals surface area contributed by atoms with Crippen LogP contribution in [0.1, 0.15) is 88.9 Å². The van der Waals surface area contributed by atoms with Gasteiger partial charge >= 0.3 is 18.2 Å². The summed E-state index contributed by atoms with van der Waals surface area (Å²) in [6.07, 6.45) is -1.59. The molecule has 1 radical (unpaired) electrons. The minimum atomic E-state index is -1.99. The highest BCUT2D eigenvalue weighted by Crippen LogP contribution is 2.30. The van der Waals surface area contributed by atoms with Gasteiger partial charge in [-0.2, -0.15) is 0 Å². The van der Waals surface area contributed by atoms with Crippen molar-refractivity contribution in [3.05, 3.63) is 131 Å². The molecule has 4 aromatic carbocycles. The fraction of sp³-hybridized carbons (Fsp3) is 0.308. The monoisotopic (exact) mass is 1050 g/mol. The number of amides is 5. The molecule has 0 aliphatic heterocycles. The highest BCUT2D eigenvalue weighted by molar-refractivity contribution is 7.13. The molecule has 18 nitrogen and oxygen atoms in total. The van der Waals surface area contributed by atoms with Crippen molar-refractivity contribution in [2.75, 3.05) is 23.6 Å². The zero-order valence-electron chi connectivity index (χ0n) is 41.8. The molecule has 21 heteroatoms. The average molecular weight is 1050 g/mol. The fourth-order valence-electron chi connectivity index (χ4n) is 6.60. The summed E-state index contributed by atoms with van der Waals surface area (Å²) in [5, 5.41) is 23.9. The van der Waals surface area contributed by atoms with Crippen molar-refractivity contribution in [2.45, 2.75) is 91.0 Å². The number of hydroxylamine groups is 1. The average Bonchev–Trinajstić information content (AvgIpc) is 4.03. The predicted octanol–water partition coefficient (Wildman–Crippen LogP) is 6.97. The summed E-state index contributed by atoms with van der Waals surface area (Å²) in [6, 6.07) is 27.8. The number of rotatable bonds is 16. The third kappa shape index (κ3) is 15.6. The standard InChI is InChI=1S/C52H58N7O11S2Si/c1-50(2,3)33-19-25-37(26-20-33)73(36-13-11-10-12-14-36)67-28-39(43(62)55-38(27-60)42(53)61)56-44(63)40-29-71-45(57-40)32-17-23-35(24-18-32)59(49(66)69-52(7,8)9)70-47(64)41-30-72-46(58-41)31-15-21-34(22-16-31)54-48(65)68-51(4,5)6/h10-26,29-30,38-39,60H,27-28H2,1-9H3,(H2,53,61)(H,54,65)(H,55,62)(H,56,63)/t38-,39-/m0/s1. The van der Waals surface area contributed by atoms with E-state index in [2.05, 4.69) is 46.7 Å². The zero-order chi connectivity index (χ0) is 53.3. The molecule has 0 aliphatic rings. The second-order valence-electron chi connectivity index (χ2n) is 19.5. The lowest BCUT2D eigenvalue weighted by atomic mass is 9.87. The van der Waals surface area contributed by atoms with E-state index in [0.29, 0.717) is 31.9 Å². The lowest BCUT2D eigenvalue weighted by Crippen LogP contribution is -2.57. The molecule has 6 rings (SSSR count). The number of carbonyl (C=O) groups is 6. The third-order valence-electron chi connectivity index (χ3n) is 10.2. The maximum absolute atomic E-state index is 13.9. The largest absolute Gasteiger partial charge is 0.448 e. The number of nitrogens with two attached hydrogens (primary N) is 1. The fourth-order valence-corrected chi connectivity index (χ4v) is 10.2. The van der Waals surface area contributed by atoms with Gasteiger partial charge in [0.1, 0.15) is 39.0 Å². The van der Waals surface area contributed by atoms with Gasteiger partial charge in [0.15, 0.2) is 5.69 Å². The quantitative estimate of drug-likeness (QED) is 0.0486. The Morgan fingerprint density at radius 2 is 1.23 bits per heavy atom. The molecule has 0 unspecified atom stereocenters. The Labute approximate surface area is 432 Å². The van der Waals surface area contributed by atoms with Crippen molar-refractivity contribution in [2.24, 2.45) is 5.73 Å². The number of thiazole rings is 2. The van der Waals surface area contributed by atoms with Gasteiger partial charge in [0, 0.05) is 27.6 Å². The maximum Gasteiger partial charge on any atom is 0.448 e. The summed E-state index contributed by atoms with van der Waals surface area (Å²) >= 11 is 2.30. The number of benzene rings is 4. The molecule has 0 fully saturated rings. The molecule has 2 aromatic heterocycles. The van der Waals surface area contributed by atoms with Gasteiger partial charge in [0.05, 0.1) is 18.9 Å². The van der Waals surface area contributed by atoms with E-state index in [-0.39, 0.29) is 29.1 Å². The smallest absolute Gasteiger partial charge is 0.444 e. The Hall–Kier alpha value is -7.30. The van der Waals surface area contributed by atoms with Gasteiger partial charge in [-0.25, -0.2) is 24.4 Å². The number of aliphatic hydroxyl groups excluding tert-OH is 1. The van der Waals surface area contributed by atoms with Crippen molar-refractivity contribution in [3.8, 4) is 21.1 Å². The number of ether oxygens (including phenoxy) is 2. The highest BCUT2D eigenvalue weighted by Gasteiger charge is 2.32. The first-order valence-electron chi connectivity index (χ1n) is 22.9. The summed E-state index contributed by atoms with van der Waals surface area (Å²) in [6.45, 7) is 15.5. The van der Waals surface area contributed by atoms with Crippen LogP contribution in [0.5, 0.6) is 0 Å². The first-order chi connectivity index (χ1) is 34.4. The summed E-state index contributed by atoms with van der Waals surface area (Å²) in [5.74, 6) is -3.46. The molecule has 2 atom stereocenters. The minimum absolute atomic E-state index is 0.0396. The van der Waals surface area contributed by atoms with Crippen LogP contribution in [0.25, 0.3) is 21.1 Å². The van der Waals surface area contributed by atoms with Crippen LogP contribution in [0, 0.1) is 0 Å². The predicted molar refractivity (Wildman–Crippen MR) is 281 cm³/mol. The lowest BCUT2D eigenvalue weighted by molar-refractivity contribution is -0.129. The second kappa shape index (κ2) is 23.5. The van der Waals surface area contributed by atoms with Crippen LogP contribution in [-0.2, 0) is 33.7 Å². The van der Waals surface area contributed by atoms with Crippen LogP contribution in [0.4, 0.5) is 21.0 Å². The molecular weight excluding hydrogens is 991 g/mol. The van der Waals surface area contributed by atoms with E-state index in [4.69, 9.17) is 24.5 Å². The van der Waals surface area contributed by atoms with Gasteiger partial charge in [-0.15, -0.1) is 27.7 Å². The van der Waals surface area contributed by atoms with Crippen molar-refractivity contribution in [3.63, 3.8) is 0 Å². The van der Waals surface area contributed by atoms with E-state index in [1.54, 1.807) is 77.9 Å². The molecular formula is C52H58N7O11S2Si. The van der Waals surface area contributed by atoms with Gasteiger partial charge in [-0.1, -0.05) is 75.4 Å². The molecule has 2 heterocycles. The third-order valence-corrected chi connectivity index (χ3v) is 14.2. The normalized spacial score (nSPS) is 12.5. The van der Waals surface area contributed by atoms with Crippen LogP contribution in [0.2, 0.25) is 0 Å². The Morgan fingerprint density at radius 1 is 0.685 bits per heavy atom. The Balaban J connectivity index is 1.18. The topological polar surface area (TPSA) is 251 Å². The van der Waals surface area contributed by atoms with Crippen LogP contribution >= 0.6 is 22.7 Å². The first-order valence-corrected chi connectivity index (χ1v) is 26.1. The maximum atomic E-state index is 13.9. The van der Waals surface area contributed by atoms with Crippen LogP contribution in [-0.4, -0.2) is 96.5 Å². The van der Waals surface area contributed by atoms with Crippen LogP contribution in [0.15, 0.2) is 114 Å². The van der Waals surface area contributed by atoms with Gasteiger partial charge in [0.2, 0.25) is 11.8 Å². The molecule has 0 spiro atoms. The zero-order valence-corrected chi connectivity index (χ0v) is 44.4. The van der Waals surface area contributed by atoms with Gasteiger partial charge in [0.25, 0.3) is 14.9 Å². The van der Waals surface area contributed by atoms with E-state index in [0.717, 1.165) is 27.3 Å². The van der Waals surface area contributed by atoms with Crippen molar-refractivity contribution in [1.29, 1.82) is 0 Å². The molecule has 0 bridgehead atoms. The number of anilines is 2. The highest BCUT2D eigenvalue weighted by atomic mass is 32.1. The van der Waals surface area contributed by atoms with Crippen molar-refractivity contribution in [1.82, 2.24) is 20.6 Å². The summed E-state index contributed by atoms with van der Waals surface area (Å²) < 4.78 is 17.4. The van der Waals surface area contributed by atoms with E-state index in [9.17, 15) is 33.9 Å². The van der Waals surface area contributed by atoms with Crippen molar-refractivity contribution < 1.29 is 52.6 Å². The van der Waals surface area contributed by atoms with Crippen molar-refractivity contribution >= 4 is 89.3 Å².